The van der Waals surface area contributed by atoms with E-state index in [1.165, 1.54) is 12.1 Å². The number of hydrogen-bond acceptors (Lipinski definition) is 1. The Morgan fingerprint density at radius 2 is 1.88 bits per heavy atom. The van der Waals surface area contributed by atoms with Crippen molar-refractivity contribution in [3.63, 3.8) is 0 Å². The molecule has 1 aromatic rings. The van der Waals surface area contributed by atoms with E-state index in [0.29, 0.717) is 11.8 Å². The van der Waals surface area contributed by atoms with Gasteiger partial charge in [0.15, 0.2) is 0 Å². The van der Waals surface area contributed by atoms with Crippen LogP contribution in [-0.4, -0.2) is 5.11 Å². The number of benzene rings is 1. The van der Waals surface area contributed by atoms with Crippen molar-refractivity contribution in [3.05, 3.63) is 35.6 Å². The molecular formula is C15H21FO. The summed E-state index contributed by atoms with van der Waals surface area (Å²) in [6.07, 6.45) is 3.96. The van der Waals surface area contributed by atoms with Gasteiger partial charge in [-0.25, -0.2) is 4.39 Å². The van der Waals surface area contributed by atoms with Gasteiger partial charge in [-0.2, -0.15) is 0 Å². The van der Waals surface area contributed by atoms with Gasteiger partial charge in [-0.1, -0.05) is 26.0 Å². The summed E-state index contributed by atoms with van der Waals surface area (Å²) in [6.45, 7) is 4.33. The van der Waals surface area contributed by atoms with Crippen LogP contribution >= 0.6 is 0 Å². The van der Waals surface area contributed by atoms with Gasteiger partial charge < -0.3 is 5.11 Å². The minimum Gasteiger partial charge on any atom is -0.385 e. The minimum atomic E-state index is -0.738. The monoisotopic (exact) mass is 236 g/mol. The van der Waals surface area contributed by atoms with Gasteiger partial charge in [0.1, 0.15) is 5.82 Å². The molecule has 94 valence electrons. The first-order valence-corrected chi connectivity index (χ1v) is 6.51. The highest BCUT2D eigenvalue weighted by molar-refractivity contribution is 5.25. The maximum atomic E-state index is 12.9. The van der Waals surface area contributed by atoms with E-state index in [4.69, 9.17) is 0 Å². The van der Waals surface area contributed by atoms with Crippen LogP contribution < -0.4 is 0 Å². The molecule has 1 nitrogen and oxygen atoms in total. The zero-order valence-electron chi connectivity index (χ0n) is 10.6. The van der Waals surface area contributed by atoms with Crippen molar-refractivity contribution >= 4 is 0 Å². The molecule has 0 amide bonds. The molecule has 1 N–H and O–H groups in total. The fraction of sp³-hybridized carbons (Fsp3) is 0.600. The maximum absolute atomic E-state index is 12.9. The predicted octanol–water partition coefficient (Wildman–Crippen LogP) is 3.86. The highest BCUT2D eigenvalue weighted by Crippen LogP contribution is 2.48. The van der Waals surface area contributed by atoms with Crippen molar-refractivity contribution in [3.8, 4) is 0 Å². The lowest BCUT2D eigenvalue weighted by atomic mass is 9.83. The fourth-order valence-electron chi connectivity index (χ4n) is 2.39. The molecule has 2 rings (SSSR count). The summed E-state index contributed by atoms with van der Waals surface area (Å²) < 4.78 is 12.9. The topological polar surface area (TPSA) is 20.2 Å². The first-order valence-electron chi connectivity index (χ1n) is 6.51. The zero-order chi connectivity index (χ0) is 12.5. The van der Waals surface area contributed by atoms with E-state index in [9.17, 15) is 9.50 Å². The molecule has 1 aliphatic rings. The molecule has 0 aliphatic heterocycles. The molecular weight excluding hydrogens is 215 g/mol. The van der Waals surface area contributed by atoms with Crippen molar-refractivity contribution in [2.24, 2.45) is 11.8 Å². The van der Waals surface area contributed by atoms with Crippen LogP contribution in [0, 0.1) is 17.7 Å². The van der Waals surface area contributed by atoms with E-state index < -0.39 is 5.60 Å². The lowest BCUT2D eigenvalue weighted by molar-refractivity contribution is -0.000788. The van der Waals surface area contributed by atoms with Crippen molar-refractivity contribution in [1.29, 1.82) is 0 Å². The summed E-state index contributed by atoms with van der Waals surface area (Å²) in [5.41, 5.74) is 0.139. The SMILES string of the molecule is CC(C)CCC(O)(c1ccc(F)cc1)C1CC1. The molecule has 1 fully saturated rings. The second-order valence-corrected chi connectivity index (χ2v) is 5.64. The largest absolute Gasteiger partial charge is 0.385 e. The van der Waals surface area contributed by atoms with Gasteiger partial charge in [-0.05, 0) is 55.2 Å². The first kappa shape index (κ1) is 12.6. The van der Waals surface area contributed by atoms with E-state index in [0.717, 1.165) is 31.2 Å². The summed E-state index contributed by atoms with van der Waals surface area (Å²) >= 11 is 0. The van der Waals surface area contributed by atoms with Crippen LogP contribution in [0.4, 0.5) is 4.39 Å². The second-order valence-electron chi connectivity index (χ2n) is 5.64. The van der Waals surface area contributed by atoms with Gasteiger partial charge in [0.05, 0.1) is 5.60 Å². The van der Waals surface area contributed by atoms with E-state index >= 15 is 0 Å². The van der Waals surface area contributed by atoms with Crippen molar-refractivity contribution in [2.45, 2.75) is 45.1 Å². The Hall–Kier alpha value is -0.890. The van der Waals surface area contributed by atoms with Crippen LogP contribution in [0.3, 0.4) is 0 Å². The molecule has 2 heteroatoms. The fourth-order valence-corrected chi connectivity index (χ4v) is 2.39. The molecule has 1 atom stereocenters. The Balaban J connectivity index is 2.18. The van der Waals surface area contributed by atoms with Gasteiger partial charge in [0.25, 0.3) is 0 Å². The minimum absolute atomic E-state index is 0.240. The number of hydrogen-bond donors (Lipinski definition) is 1. The highest BCUT2D eigenvalue weighted by atomic mass is 19.1. The molecule has 1 saturated carbocycles. The maximum Gasteiger partial charge on any atom is 0.123 e. The summed E-state index contributed by atoms with van der Waals surface area (Å²) in [5.74, 6) is 0.711. The smallest absolute Gasteiger partial charge is 0.123 e. The molecule has 1 aliphatic carbocycles. The highest BCUT2D eigenvalue weighted by Gasteiger charge is 2.44. The predicted molar refractivity (Wildman–Crippen MR) is 67.1 cm³/mol. The van der Waals surface area contributed by atoms with Gasteiger partial charge >= 0.3 is 0 Å². The third-order valence-electron chi connectivity index (χ3n) is 3.70. The lowest BCUT2D eigenvalue weighted by Gasteiger charge is -2.29. The number of rotatable bonds is 5. The Morgan fingerprint density at radius 3 is 2.35 bits per heavy atom. The van der Waals surface area contributed by atoms with Gasteiger partial charge in [0, 0.05) is 0 Å². The Morgan fingerprint density at radius 1 is 1.29 bits per heavy atom. The Labute approximate surface area is 103 Å². The standard InChI is InChI=1S/C15H21FO/c1-11(2)9-10-15(17,12-3-4-12)13-5-7-14(16)8-6-13/h5-8,11-12,17H,3-4,9-10H2,1-2H3. The molecule has 0 bridgehead atoms. The van der Waals surface area contributed by atoms with E-state index in [1.807, 2.05) is 0 Å². The average molecular weight is 236 g/mol. The van der Waals surface area contributed by atoms with Gasteiger partial charge in [-0.15, -0.1) is 0 Å². The summed E-state index contributed by atoms with van der Waals surface area (Å²) in [6, 6.07) is 6.35. The number of halogens is 1. The summed E-state index contributed by atoms with van der Waals surface area (Å²) in [5, 5.41) is 10.8. The van der Waals surface area contributed by atoms with Crippen molar-refractivity contribution in [2.75, 3.05) is 0 Å². The third-order valence-corrected chi connectivity index (χ3v) is 3.70. The molecule has 0 aromatic heterocycles. The molecule has 0 spiro atoms. The Kier molecular flexibility index (Phi) is 3.53. The van der Waals surface area contributed by atoms with Crippen LogP contribution in [0.5, 0.6) is 0 Å². The van der Waals surface area contributed by atoms with E-state index in [2.05, 4.69) is 13.8 Å². The Bertz CT molecular complexity index is 367. The van der Waals surface area contributed by atoms with Crippen LogP contribution in [0.15, 0.2) is 24.3 Å². The zero-order valence-corrected chi connectivity index (χ0v) is 10.6. The van der Waals surface area contributed by atoms with E-state index in [1.54, 1.807) is 12.1 Å². The normalized spacial score (nSPS) is 19.4. The third kappa shape index (κ3) is 2.86. The lowest BCUT2D eigenvalue weighted by Crippen LogP contribution is -2.28. The molecule has 17 heavy (non-hydrogen) atoms. The van der Waals surface area contributed by atoms with Crippen LogP contribution in [-0.2, 0) is 5.60 Å². The summed E-state index contributed by atoms with van der Waals surface area (Å²) in [4.78, 5) is 0. The first-order chi connectivity index (χ1) is 8.02. The second kappa shape index (κ2) is 4.77. The van der Waals surface area contributed by atoms with Gasteiger partial charge in [0.2, 0.25) is 0 Å². The van der Waals surface area contributed by atoms with Crippen molar-refractivity contribution in [1.82, 2.24) is 0 Å². The molecule has 0 radical (unpaired) electrons. The molecule has 0 heterocycles. The molecule has 1 unspecified atom stereocenters. The molecule has 1 aromatic carbocycles. The van der Waals surface area contributed by atoms with Crippen LogP contribution in [0.2, 0.25) is 0 Å². The summed E-state index contributed by atoms with van der Waals surface area (Å²) in [7, 11) is 0. The van der Waals surface area contributed by atoms with Crippen molar-refractivity contribution < 1.29 is 9.50 Å². The molecule has 0 saturated heterocycles. The number of aliphatic hydroxyl groups is 1. The van der Waals surface area contributed by atoms with E-state index in [-0.39, 0.29) is 5.82 Å². The van der Waals surface area contributed by atoms with Crippen LogP contribution in [0.1, 0.15) is 45.1 Å². The average Bonchev–Trinajstić information content (AvgIpc) is 3.11. The van der Waals surface area contributed by atoms with Gasteiger partial charge in [-0.3, -0.25) is 0 Å². The van der Waals surface area contributed by atoms with Crippen LogP contribution in [0.25, 0.3) is 0 Å². The quantitative estimate of drug-likeness (QED) is 0.823.